The summed E-state index contributed by atoms with van der Waals surface area (Å²) in [6.07, 6.45) is 11.3. The van der Waals surface area contributed by atoms with Crippen LogP contribution in [0.4, 0.5) is 5.13 Å². The lowest BCUT2D eigenvalue weighted by atomic mass is 10.1. The van der Waals surface area contributed by atoms with Gasteiger partial charge in [0.15, 0.2) is 0 Å². The lowest BCUT2D eigenvalue weighted by Crippen LogP contribution is -2.07. The molecule has 3 rings (SSSR count). The highest BCUT2D eigenvalue weighted by Crippen LogP contribution is 2.29. The normalized spacial score (nSPS) is 15.7. The number of amides is 1. The number of hydrogen-bond donors (Lipinski definition) is 1. The third-order valence-electron chi connectivity index (χ3n) is 3.67. The van der Waals surface area contributed by atoms with Crippen LogP contribution >= 0.6 is 22.7 Å². The van der Waals surface area contributed by atoms with Crippen molar-refractivity contribution in [1.82, 2.24) is 15.2 Å². The summed E-state index contributed by atoms with van der Waals surface area (Å²) in [6, 6.07) is 0. The zero-order valence-electron chi connectivity index (χ0n) is 12.4. The van der Waals surface area contributed by atoms with Crippen molar-refractivity contribution in [3.05, 3.63) is 27.2 Å². The van der Waals surface area contributed by atoms with Gasteiger partial charge in [0.05, 0.1) is 5.01 Å². The number of anilines is 1. The number of aryl methyl sites for hydroxylation is 1. The van der Waals surface area contributed by atoms with Crippen LogP contribution in [0, 0.1) is 12.8 Å². The van der Waals surface area contributed by atoms with E-state index >= 15 is 0 Å². The second kappa shape index (κ2) is 7.11. The molecular formula is C15H18N4OS2. The molecule has 5 nitrogen and oxygen atoms in total. The van der Waals surface area contributed by atoms with E-state index in [1.807, 2.05) is 6.92 Å². The van der Waals surface area contributed by atoms with Crippen molar-refractivity contribution in [3.63, 3.8) is 0 Å². The fraction of sp³-hybridized carbons (Fsp3) is 0.467. The number of thiazole rings is 1. The molecule has 1 N–H and O–H groups in total. The van der Waals surface area contributed by atoms with E-state index in [2.05, 4.69) is 20.5 Å². The number of carbonyl (C=O) groups excluding carboxylic acids is 1. The highest BCUT2D eigenvalue weighted by atomic mass is 32.1. The molecule has 0 aromatic carbocycles. The zero-order chi connectivity index (χ0) is 15.4. The predicted octanol–water partition coefficient (Wildman–Crippen LogP) is 3.69. The summed E-state index contributed by atoms with van der Waals surface area (Å²) in [5, 5.41) is 13.6. The summed E-state index contributed by atoms with van der Waals surface area (Å²) in [6.45, 7) is 1.94. The summed E-state index contributed by atoms with van der Waals surface area (Å²) in [7, 11) is 0. The Bertz CT molecular complexity index is 671. The Morgan fingerprint density at radius 2 is 2.18 bits per heavy atom. The number of nitrogens with zero attached hydrogens (tertiary/aromatic N) is 3. The third-order valence-corrected chi connectivity index (χ3v) is 5.41. The molecule has 1 fully saturated rings. The van der Waals surface area contributed by atoms with Crippen molar-refractivity contribution < 1.29 is 4.79 Å². The first-order valence-corrected chi connectivity index (χ1v) is 9.06. The average molecular weight is 334 g/mol. The Morgan fingerprint density at radius 1 is 1.36 bits per heavy atom. The van der Waals surface area contributed by atoms with Gasteiger partial charge in [0, 0.05) is 23.6 Å². The predicted molar refractivity (Wildman–Crippen MR) is 90.1 cm³/mol. The molecule has 1 aliphatic carbocycles. The van der Waals surface area contributed by atoms with E-state index in [1.165, 1.54) is 43.1 Å². The SMILES string of the molecule is Cc1ncc(/C=C/C(=O)Nc2nnc(CC3CCCC3)s2)s1. The first-order chi connectivity index (χ1) is 10.7. The van der Waals surface area contributed by atoms with Crippen LogP contribution in [-0.2, 0) is 11.2 Å². The van der Waals surface area contributed by atoms with Gasteiger partial charge >= 0.3 is 0 Å². The average Bonchev–Trinajstić information content (AvgIpc) is 3.21. The van der Waals surface area contributed by atoms with E-state index in [9.17, 15) is 4.79 Å². The maximum atomic E-state index is 11.9. The van der Waals surface area contributed by atoms with Crippen molar-refractivity contribution in [1.29, 1.82) is 0 Å². The second-order valence-electron chi connectivity index (χ2n) is 5.46. The van der Waals surface area contributed by atoms with Crippen LogP contribution in [0.25, 0.3) is 6.08 Å². The molecule has 1 saturated carbocycles. The first kappa shape index (κ1) is 15.3. The van der Waals surface area contributed by atoms with E-state index in [0.29, 0.717) is 5.13 Å². The highest BCUT2D eigenvalue weighted by molar-refractivity contribution is 7.15. The van der Waals surface area contributed by atoms with Crippen LogP contribution < -0.4 is 5.32 Å². The standard InChI is InChI=1S/C15H18N4OS2/c1-10-16-9-12(21-10)6-7-13(20)17-15-19-18-14(22-15)8-11-4-2-3-5-11/h6-7,9,11H,2-5,8H2,1H3,(H,17,19,20)/b7-6+. The molecule has 2 aromatic rings. The van der Waals surface area contributed by atoms with Crippen LogP contribution in [0.5, 0.6) is 0 Å². The van der Waals surface area contributed by atoms with Gasteiger partial charge in [0.1, 0.15) is 5.01 Å². The Kier molecular flexibility index (Phi) is 4.94. The van der Waals surface area contributed by atoms with E-state index in [1.54, 1.807) is 23.6 Å². The maximum Gasteiger partial charge on any atom is 0.250 e. The molecule has 0 spiro atoms. The number of hydrogen-bond acceptors (Lipinski definition) is 6. The molecule has 0 bridgehead atoms. The fourth-order valence-corrected chi connectivity index (χ4v) is 4.15. The van der Waals surface area contributed by atoms with E-state index in [-0.39, 0.29) is 5.91 Å². The van der Waals surface area contributed by atoms with Gasteiger partial charge in [-0.25, -0.2) is 4.98 Å². The maximum absolute atomic E-state index is 11.9. The van der Waals surface area contributed by atoms with Crippen LogP contribution in [0.15, 0.2) is 12.3 Å². The molecule has 0 atom stereocenters. The Hall–Kier alpha value is -1.60. The van der Waals surface area contributed by atoms with Crippen LogP contribution in [-0.4, -0.2) is 21.1 Å². The third kappa shape index (κ3) is 4.20. The van der Waals surface area contributed by atoms with Gasteiger partial charge in [-0.2, -0.15) is 0 Å². The summed E-state index contributed by atoms with van der Waals surface area (Å²) >= 11 is 3.03. The van der Waals surface area contributed by atoms with Gasteiger partial charge in [-0.3, -0.25) is 10.1 Å². The Balaban J connectivity index is 1.53. The molecule has 0 aliphatic heterocycles. The largest absolute Gasteiger partial charge is 0.297 e. The summed E-state index contributed by atoms with van der Waals surface area (Å²) in [4.78, 5) is 17.0. The molecule has 1 amide bonds. The zero-order valence-corrected chi connectivity index (χ0v) is 14.0. The Morgan fingerprint density at radius 3 is 2.91 bits per heavy atom. The smallest absolute Gasteiger partial charge is 0.250 e. The molecule has 2 heterocycles. The van der Waals surface area contributed by atoms with Crippen molar-refractivity contribution in [2.24, 2.45) is 5.92 Å². The van der Waals surface area contributed by atoms with Gasteiger partial charge < -0.3 is 0 Å². The molecule has 0 radical (unpaired) electrons. The molecule has 22 heavy (non-hydrogen) atoms. The minimum atomic E-state index is -0.186. The molecule has 7 heteroatoms. The Labute approximate surface area is 137 Å². The van der Waals surface area contributed by atoms with Gasteiger partial charge in [-0.1, -0.05) is 37.0 Å². The van der Waals surface area contributed by atoms with Gasteiger partial charge in [-0.05, 0) is 18.9 Å². The lowest BCUT2D eigenvalue weighted by Gasteiger charge is -2.03. The van der Waals surface area contributed by atoms with Gasteiger partial charge in [0.25, 0.3) is 0 Å². The quantitative estimate of drug-likeness (QED) is 0.847. The summed E-state index contributed by atoms with van der Waals surface area (Å²) in [5.74, 6) is 0.556. The number of aromatic nitrogens is 3. The van der Waals surface area contributed by atoms with Crippen LogP contribution in [0.2, 0.25) is 0 Å². The highest BCUT2D eigenvalue weighted by Gasteiger charge is 2.17. The van der Waals surface area contributed by atoms with Crippen molar-refractivity contribution in [2.75, 3.05) is 5.32 Å². The van der Waals surface area contributed by atoms with E-state index < -0.39 is 0 Å². The summed E-state index contributed by atoms with van der Waals surface area (Å²) in [5.41, 5.74) is 0. The number of carbonyl (C=O) groups is 1. The minimum Gasteiger partial charge on any atom is -0.297 e. The van der Waals surface area contributed by atoms with E-state index in [0.717, 1.165) is 27.2 Å². The van der Waals surface area contributed by atoms with Crippen molar-refractivity contribution in [3.8, 4) is 0 Å². The van der Waals surface area contributed by atoms with Crippen LogP contribution in [0.1, 0.15) is 40.6 Å². The number of nitrogens with one attached hydrogen (secondary N) is 1. The van der Waals surface area contributed by atoms with Crippen LogP contribution in [0.3, 0.4) is 0 Å². The molecular weight excluding hydrogens is 316 g/mol. The lowest BCUT2D eigenvalue weighted by molar-refractivity contribution is -0.111. The summed E-state index contributed by atoms with van der Waals surface area (Å²) < 4.78 is 0. The van der Waals surface area contributed by atoms with Gasteiger partial charge in [-0.15, -0.1) is 21.5 Å². The fourth-order valence-electron chi connectivity index (χ4n) is 2.61. The van der Waals surface area contributed by atoms with Crippen molar-refractivity contribution >= 4 is 39.8 Å². The first-order valence-electron chi connectivity index (χ1n) is 7.43. The second-order valence-corrected chi connectivity index (χ2v) is 7.79. The monoisotopic (exact) mass is 334 g/mol. The van der Waals surface area contributed by atoms with Crippen molar-refractivity contribution in [2.45, 2.75) is 39.0 Å². The van der Waals surface area contributed by atoms with E-state index in [4.69, 9.17) is 0 Å². The molecule has 1 aliphatic rings. The minimum absolute atomic E-state index is 0.186. The van der Waals surface area contributed by atoms with Gasteiger partial charge in [0.2, 0.25) is 11.0 Å². The topological polar surface area (TPSA) is 67.8 Å². The molecule has 116 valence electrons. The number of rotatable bonds is 5. The molecule has 0 unspecified atom stereocenters. The molecule has 0 saturated heterocycles. The molecule has 2 aromatic heterocycles.